The number of thiocarbonyl (C=S) groups is 1. The van der Waals surface area contributed by atoms with Crippen molar-refractivity contribution in [2.75, 3.05) is 18.5 Å². The van der Waals surface area contributed by atoms with E-state index in [0.717, 1.165) is 28.8 Å². The van der Waals surface area contributed by atoms with E-state index in [1.807, 2.05) is 31.2 Å². The Balaban J connectivity index is 1.86. The maximum atomic E-state index is 12.4. The number of carbonyl (C=O) groups is 1. The van der Waals surface area contributed by atoms with Gasteiger partial charge in [-0.25, -0.2) is 0 Å². The van der Waals surface area contributed by atoms with E-state index in [1.165, 1.54) is 0 Å². The topological polar surface area (TPSA) is 59.6 Å². The highest BCUT2D eigenvalue weighted by atomic mass is 79.9. The number of carbonyl (C=O) groups excluding carboxylic acids is 1. The van der Waals surface area contributed by atoms with Crippen LogP contribution in [0.1, 0.15) is 44.0 Å². The van der Waals surface area contributed by atoms with Gasteiger partial charge in [0.15, 0.2) is 5.11 Å². The Bertz CT molecular complexity index is 825. The van der Waals surface area contributed by atoms with E-state index < -0.39 is 0 Å². The van der Waals surface area contributed by atoms with Gasteiger partial charge in [-0.2, -0.15) is 0 Å². The number of hydrogen-bond acceptors (Lipinski definition) is 4. The van der Waals surface area contributed by atoms with Gasteiger partial charge in [-0.05, 0) is 89.4 Å². The van der Waals surface area contributed by atoms with Crippen LogP contribution in [0.2, 0.25) is 0 Å². The van der Waals surface area contributed by atoms with Crippen molar-refractivity contribution >= 4 is 44.9 Å². The quantitative estimate of drug-likeness (QED) is 0.446. The average molecular weight is 479 g/mol. The van der Waals surface area contributed by atoms with Crippen molar-refractivity contribution in [3.8, 4) is 11.5 Å². The number of hydrogen-bond donors (Lipinski definition) is 2. The summed E-state index contributed by atoms with van der Waals surface area (Å²) >= 11 is 8.68. The summed E-state index contributed by atoms with van der Waals surface area (Å²) in [6.07, 6.45) is 1.93. The lowest BCUT2D eigenvalue weighted by atomic mass is 10.1. The summed E-state index contributed by atoms with van der Waals surface area (Å²) in [4.78, 5) is 12.4. The first kappa shape index (κ1) is 23.2. The zero-order chi connectivity index (χ0) is 21.2. The lowest BCUT2D eigenvalue weighted by Crippen LogP contribution is -2.34. The summed E-state index contributed by atoms with van der Waals surface area (Å²) in [5.41, 5.74) is 1.26. The van der Waals surface area contributed by atoms with Gasteiger partial charge in [0.25, 0.3) is 5.91 Å². The van der Waals surface area contributed by atoms with E-state index in [1.54, 1.807) is 18.2 Å². The molecule has 156 valence electrons. The Labute approximate surface area is 186 Å². The molecule has 0 aliphatic carbocycles. The molecule has 2 rings (SSSR count). The Morgan fingerprint density at radius 3 is 2.45 bits per heavy atom. The maximum absolute atomic E-state index is 12.4. The molecule has 0 atom stereocenters. The second kappa shape index (κ2) is 11.8. The molecule has 5 nitrogen and oxygen atoms in total. The van der Waals surface area contributed by atoms with Gasteiger partial charge in [0.05, 0.1) is 17.7 Å². The molecule has 2 N–H and O–H groups in total. The Kier molecular flexibility index (Phi) is 9.41. The molecule has 7 heteroatoms. The number of halogens is 1. The molecular weight excluding hydrogens is 452 g/mol. The van der Waals surface area contributed by atoms with E-state index in [0.29, 0.717) is 30.4 Å². The number of nitrogens with one attached hydrogen (secondary N) is 2. The van der Waals surface area contributed by atoms with Gasteiger partial charge < -0.3 is 14.8 Å². The molecule has 0 saturated carbocycles. The molecule has 0 aliphatic rings. The van der Waals surface area contributed by atoms with Crippen LogP contribution >= 0.6 is 28.1 Å². The van der Waals surface area contributed by atoms with Crippen molar-refractivity contribution in [2.45, 2.75) is 33.6 Å². The monoisotopic (exact) mass is 478 g/mol. The van der Waals surface area contributed by atoms with Crippen molar-refractivity contribution in [2.24, 2.45) is 5.92 Å². The Hall–Kier alpha value is -2.12. The molecule has 2 aromatic rings. The van der Waals surface area contributed by atoms with Crippen LogP contribution in [-0.4, -0.2) is 24.2 Å². The van der Waals surface area contributed by atoms with Crippen molar-refractivity contribution in [1.29, 1.82) is 0 Å². The molecule has 29 heavy (non-hydrogen) atoms. The number of anilines is 1. The summed E-state index contributed by atoms with van der Waals surface area (Å²) < 4.78 is 12.0. The molecular formula is C22H27BrN2O3S. The van der Waals surface area contributed by atoms with Crippen molar-refractivity contribution in [3.63, 3.8) is 0 Å². The first-order valence-electron chi connectivity index (χ1n) is 9.66. The average Bonchev–Trinajstić information content (AvgIpc) is 2.68. The maximum Gasteiger partial charge on any atom is 0.257 e. The first-order chi connectivity index (χ1) is 13.9. The molecule has 0 bridgehead atoms. The fourth-order valence-corrected chi connectivity index (χ4v) is 3.06. The zero-order valence-electron chi connectivity index (χ0n) is 17.0. The Morgan fingerprint density at radius 2 is 1.83 bits per heavy atom. The number of ether oxygens (including phenoxy) is 2. The van der Waals surface area contributed by atoms with Crippen LogP contribution in [0, 0.1) is 5.92 Å². The van der Waals surface area contributed by atoms with Gasteiger partial charge in [-0.1, -0.05) is 20.8 Å². The summed E-state index contributed by atoms with van der Waals surface area (Å²) in [6, 6.07) is 12.7. The van der Waals surface area contributed by atoms with Crippen molar-refractivity contribution in [3.05, 3.63) is 52.5 Å². The highest BCUT2D eigenvalue weighted by Gasteiger charge is 2.11. The van der Waals surface area contributed by atoms with E-state index >= 15 is 0 Å². The van der Waals surface area contributed by atoms with Crippen LogP contribution in [0.25, 0.3) is 0 Å². The lowest BCUT2D eigenvalue weighted by Gasteiger charge is -2.12. The minimum Gasteiger partial charge on any atom is -0.494 e. The van der Waals surface area contributed by atoms with Crippen LogP contribution in [0.3, 0.4) is 0 Å². The SMILES string of the molecule is CCCOc1ccc(C(=O)NC(=S)Nc2ccc(OCCC(C)C)cc2)cc1Br. The number of rotatable bonds is 9. The molecule has 0 fully saturated rings. The van der Waals surface area contributed by atoms with E-state index in [-0.39, 0.29) is 11.0 Å². The predicted molar refractivity (Wildman–Crippen MR) is 125 cm³/mol. The molecule has 0 radical (unpaired) electrons. The fourth-order valence-electron chi connectivity index (χ4n) is 2.36. The van der Waals surface area contributed by atoms with E-state index in [9.17, 15) is 4.79 Å². The highest BCUT2D eigenvalue weighted by molar-refractivity contribution is 9.10. The van der Waals surface area contributed by atoms with E-state index in [2.05, 4.69) is 40.4 Å². The Morgan fingerprint density at radius 1 is 1.10 bits per heavy atom. The third-order valence-corrected chi connectivity index (χ3v) is 4.78. The number of benzene rings is 2. The molecule has 0 heterocycles. The smallest absolute Gasteiger partial charge is 0.257 e. The van der Waals surface area contributed by atoms with Crippen molar-refractivity contribution in [1.82, 2.24) is 5.32 Å². The molecule has 2 aromatic carbocycles. The summed E-state index contributed by atoms with van der Waals surface area (Å²) in [5.74, 6) is 1.83. The molecule has 0 spiro atoms. The minimum absolute atomic E-state index is 0.228. The van der Waals surface area contributed by atoms with Crippen LogP contribution in [-0.2, 0) is 0 Å². The van der Waals surface area contributed by atoms with Gasteiger partial charge in [-0.15, -0.1) is 0 Å². The molecule has 0 aliphatic heterocycles. The highest BCUT2D eigenvalue weighted by Crippen LogP contribution is 2.26. The van der Waals surface area contributed by atoms with Crippen LogP contribution in [0.15, 0.2) is 46.9 Å². The van der Waals surface area contributed by atoms with E-state index in [4.69, 9.17) is 21.7 Å². The lowest BCUT2D eigenvalue weighted by molar-refractivity contribution is 0.0977. The minimum atomic E-state index is -0.293. The molecule has 0 unspecified atom stereocenters. The molecule has 0 aromatic heterocycles. The van der Waals surface area contributed by atoms with Gasteiger partial charge in [0, 0.05) is 11.3 Å². The standard InChI is InChI=1S/C22H27BrN2O3S/c1-4-12-28-20-10-5-16(14-19(20)23)21(26)25-22(29)24-17-6-8-18(9-7-17)27-13-11-15(2)3/h5-10,14-15H,4,11-13H2,1-3H3,(H2,24,25,26,29). The second-order valence-electron chi connectivity index (χ2n) is 6.96. The summed E-state index contributed by atoms with van der Waals surface area (Å²) in [7, 11) is 0. The van der Waals surface area contributed by atoms with Crippen LogP contribution in [0.4, 0.5) is 5.69 Å². The fraction of sp³-hybridized carbons (Fsp3) is 0.364. The second-order valence-corrected chi connectivity index (χ2v) is 8.22. The van der Waals surface area contributed by atoms with Gasteiger partial charge in [-0.3, -0.25) is 10.1 Å². The first-order valence-corrected chi connectivity index (χ1v) is 10.9. The summed E-state index contributed by atoms with van der Waals surface area (Å²) in [6.45, 7) is 7.69. The zero-order valence-corrected chi connectivity index (χ0v) is 19.4. The van der Waals surface area contributed by atoms with Crippen LogP contribution in [0.5, 0.6) is 11.5 Å². The largest absolute Gasteiger partial charge is 0.494 e. The molecule has 0 saturated heterocycles. The van der Waals surface area contributed by atoms with Crippen LogP contribution < -0.4 is 20.1 Å². The number of amides is 1. The van der Waals surface area contributed by atoms with Gasteiger partial charge in [0.1, 0.15) is 11.5 Å². The van der Waals surface area contributed by atoms with Gasteiger partial charge >= 0.3 is 0 Å². The summed E-state index contributed by atoms with van der Waals surface area (Å²) in [5, 5.41) is 5.92. The van der Waals surface area contributed by atoms with Crippen molar-refractivity contribution < 1.29 is 14.3 Å². The third-order valence-electron chi connectivity index (χ3n) is 3.96. The normalized spacial score (nSPS) is 10.5. The third kappa shape index (κ3) is 8.03. The molecule has 1 amide bonds. The van der Waals surface area contributed by atoms with Gasteiger partial charge in [0.2, 0.25) is 0 Å². The predicted octanol–water partition coefficient (Wildman–Crippen LogP) is 5.79.